The van der Waals surface area contributed by atoms with Crippen LogP contribution >= 0.6 is 0 Å². The summed E-state index contributed by atoms with van der Waals surface area (Å²) in [5, 5.41) is 16.4. The minimum absolute atomic E-state index is 0.0861. The molecule has 0 saturated carbocycles. The van der Waals surface area contributed by atoms with Crippen molar-refractivity contribution in [2.45, 2.75) is 64.2 Å². The van der Waals surface area contributed by atoms with E-state index in [4.69, 9.17) is 0 Å². The Hall–Kier alpha value is -4.54. The van der Waals surface area contributed by atoms with Gasteiger partial charge in [0, 0.05) is 46.6 Å². The van der Waals surface area contributed by atoms with Crippen molar-refractivity contribution in [3.05, 3.63) is 102 Å². The molecule has 0 fully saturated rings. The summed E-state index contributed by atoms with van der Waals surface area (Å²) in [6.45, 7) is 16.3. The maximum absolute atomic E-state index is 11.9. The van der Waals surface area contributed by atoms with E-state index >= 15 is 0 Å². The summed E-state index contributed by atoms with van der Waals surface area (Å²) in [6.07, 6.45) is 6.44. The van der Waals surface area contributed by atoms with Crippen molar-refractivity contribution in [3.8, 4) is 22.5 Å². The molecular weight excluding hydrogens is 597 g/mol. The number of hydrogen-bond donors (Lipinski definition) is 1. The predicted molar refractivity (Wildman–Crippen MR) is 181 cm³/mol. The lowest BCUT2D eigenvalue weighted by molar-refractivity contribution is -0.433. The molecule has 1 N–H and O–H groups in total. The predicted octanol–water partition coefficient (Wildman–Crippen LogP) is 6.81. The first-order valence-electron chi connectivity index (χ1n) is 15.5. The summed E-state index contributed by atoms with van der Waals surface area (Å²) in [6, 6.07) is 19.7. The van der Waals surface area contributed by atoms with Crippen LogP contribution in [0.15, 0.2) is 89.5 Å². The number of rotatable bonds is 7. The van der Waals surface area contributed by atoms with Crippen molar-refractivity contribution in [3.63, 3.8) is 0 Å². The Morgan fingerprint density at radius 2 is 1.48 bits per heavy atom. The zero-order valence-corrected chi connectivity index (χ0v) is 28.1. The van der Waals surface area contributed by atoms with E-state index in [0.717, 1.165) is 46.7 Å². The van der Waals surface area contributed by atoms with Gasteiger partial charge in [0.05, 0.1) is 10.3 Å². The van der Waals surface area contributed by atoms with Gasteiger partial charge in [-0.1, -0.05) is 44.2 Å². The third-order valence-electron chi connectivity index (χ3n) is 9.25. The molecule has 0 unspecified atom stereocenters. The van der Waals surface area contributed by atoms with Crippen molar-refractivity contribution in [1.29, 1.82) is 0 Å². The fraction of sp³-hybridized carbons (Fsp3) is 0.306. The highest BCUT2D eigenvalue weighted by Crippen LogP contribution is 2.48. The second-order valence-electron chi connectivity index (χ2n) is 12.8. The lowest BCUT2D eigenvalue weighted by Gasteiger charge is -2.25. The summed E-state index contributed by atoms with van der Waals surface area (Å²) < 4.78 is 35.8. The molecule has 0 amide bonds. The number of aromatic nitrogens is 4. The van der Waals surface area contributed by atoms with E-state index in [1.807, 2.05) is 12.1 Å². The van der Waals surface area contributed by atoms with E-state index in [-0.39, 0.29) is 10.3 Å². The summed E-state index contributed by atoms with van der Waals surface area (Å²) >= 11 is 0. The van der Waals surface area contributed by atoms with Crippen LogP contribution in [0.4, 0.5) is 11.4 Å². The Morgan fingerprint density at radius 1 is 0.826 bits per heavy atom. The van der Waals surface area contributed by atoms with E-state index in [1.165, 1.54) is 23.0 Å². The molecule has 0 aliphatic carbocycles. The van der Waals surface area contributed by atoms with Crippen molar-refractivity contribution in [2.75, 3.05) is 18.0 Å². The van der Waals surface area contributed by atoms with E-state index in [2.05, 4.69) is 120 Å². The summed E-state index contributed by atoms with van der Waals surface area (Å²) in [7, 11) is -4.30. The van der Waals surface area contributed by atoms with Gasteiger partial charge >= 0.3 is 0 Å². The standard InChI is InChI=1S/C36H38N6O3S/c1-8-41-30-19-17-26(24-13-15-25(16-14-24)34-39-37-23(3)38-40-34)21-28(30)35(4,5)32(41)11-10-12-33-36(6,7)29-22-27(46(43,44)45)18-20-31(29)42(33)9-2/h10-22H,8-9H2,1-7H3/p+1. The summed E-state index contributed by atoms with van der Waals surface area (Å²) in [4.78, 5) is 2.12. The van der Waals surface area contributed by atoms with Crippen LogP contribution in [-0.2, 0) is 20.9 Å². The highest BCUT2D eigenvalue weighted by molar-refractivity contribution is 7.85. The van der Waals surface area contributed by atoms with Gasteiger partial charge in [-0.15, -0.1) is 20.4 Å². The van der Waals surface area contributed by atoms with Crippen molar-refractivity contribution in [2.24, 2.45) is 0 Å². The van der Waals surface area contributed by atoms with Crippen LogP contribution in [0.3, 0.4) is 0 Å². The number of aryl methyl sites for hydroxylation is 1. The first-order valence-corrected chi connectivity index (χ1v) is 16.9. The molecule has 10 heteroatoms. The second-order valence-corrected chi connectivity index (χ2v) is 14.2. The van der Waals surface area contributed by atoms with Gasteiger partial charge in [-0.3, -0.25) is 4.55 Å². The molecule has 46 heavy (non-hydrogen) atoms. The highest BCUT2D eigenvalue weighted by Gasteiger charge is 2.44. The fourth-order valence-electron chi connectivity index (χ4n) is 6.79. The van der Waals surface area contributed by atoms with Crippen LogP contribution in [0.1, 0.15) is 58.5 Å². The van der Waals surface area contributed by atoms with Crippen LogP contribution in [0.2, 0.25) is 0 Å². The van der Waals surface area contributed by atoms with E-state index in [1.54, 1.807) is 19.1 Å². The molecule has 1 aromatic heterocycles. The number of likely N-dealkylation sites (N-methyl/N-ethyl adjacent to an activating group) is 1. The minimum atomic E-state index is -4.30. The van der Waals surface area contributed by atoms with E-state index in [9.17, 15) is 13.0 Å². The van der Waals surface area contributed by atoms with Crippen molar-refractivity contribution in [1.82, 2.24) is 20.4 Å². The van der Waals surface area contributed by atoms with Gasteiger partial charge in [0.2, 0.25) is 11.5 Å². The average molecular weight is 636 g/mol. The molecule has 0 atom stereocenters. The molecule has 3 aromatic carbocycles. The first-order chi connectivity index (χ1) is 21.8. The Morgan fingerprint density at radius 3 is 2.11 bits per heavy atom. The van der Waals surface area contributed by atoms with Gasteiger partial charge in [0.25, 0.3) is 10.1 Å². The average Bonchev–Trinajstić information content (AvgIpc) is 3.38. The molecular formula is C36H39N6O3S+. The topological polar surface area (TPSA) is 112 Å². The van der Waals surface area contributed by atoms with Gasteiger partial charge in [0.15, 0.2) is 11.5 Å². The monoisotopic (exact) mass is 635 g/mol. The normalized spacial score (nSPS) is 17.7. The molecule has 0 bridgehead atoms. The van der Waals surface area contributed by atoms with Crippen molar-refractivity contribution >= 4 is 27.2 Å². The molecule has 0 spiro atoms. The highest BCUT2D eigenvalue weighted by atomic mass is 32.2. The van der Waals surface area contributed by atoms with Gasteiger partial charge in [-0.05, 0) is 87.7 Å². The van der Waals surface area contributed by atoms with Crippen LogP contribution in [-0.4, -0.2) is 56.7 Å². The number of anilines is 1. The number of fused-ring (bicyclic) bond motifs is 2. The molecule has 9 nitrogen and oxygen atoms in total. The van der Waals surface area contributed by atoms with E-state index < -0.39 is 15.5 Å². The van der Waals surface area contributed by atoms with Crippen LogP contribution < -0.4 is 4.90 Å². The molecule has 0 saturated heterocycles. The Balaban J connectivity index is 1.31. The third-order valence-corrected chi connectivity index (χ3v) is 10.1. The molecule has 2 aliphatic rings. The smallest absolute Gasteiger partial charge is 0.294 e. The van der Waals surface area contributed by atoms with Gasteiger partial charge in [-0.2, -0.15) is 13.0 Å². The fourth-order valence-corrected chi connectivity index (χ4v) is 7.30. The zero-order valence-electron chi connectivity index (χ0n) is 27.3. The molecule has 236 valence electrons. The molecule has 0 radical (unpaired) electrons. The number of nitrogens with zero attached hydrogens (tertiary/aromatic N) is 6. The summed E-state index contributed by atoms with van der Waals surface area (Å²) in [5.74, 6) is 1.04. The van der Waals surface area contributed by atoms with Crippen LogP contribution in [0.25, 0.3) is 22.5 Å². The van der Waals surface area contributed by atoms with Gasteiger partial charge in [0.1, 0.15) is 6.54 Å². The lowest BCUT2D eigenvalue weighted by atomic mass is 9.80. The maximum Gasteiger partial charge on any atom is 0.294 e. The number of hydrogen-bond acceptors (Lipinski definition) is 7. The lowest BCUT2D eigenvalue weighted by Crippen LogP contribution is -2.28. The Bertz CT molecular complexity index is 2040. The van der Waals surface area contributed by atoms with E-state index in [0.29, 0.717) is 11.6 Å². The van der Waals surface area contributed by atoms with Crippen LogP contribution in [0, 0.1) is 6.92 Å². The maximum atomic E-state index is 11.9. The first kappa shape index (κ1) is 31.4. The molecule has 4 aromatic rings. The Kier molecular flexibility index (Phi) is 7.77. The summed E-state index contributed by atoms with van der Waals surface area (Å²) in [5.41, 5.74) is 8.98. The SMILES string of the molecule is CCN1/C(=C/C=C/C2=[N+](CC)c3ccc(-c4ccc(-c5nnc(C)nn5)cc4)cc3C2(C)C)C(C)(C)c2cc(S(=O)(=O)O)ccc21. The van der Waals surface area contributed by atoms with Crippen LogP contribution in [0.5, 0.6) is 0 Å². The minimum Gasteiger partial charge on any atom is -0.344 e. The number of allylic oxidation sites excluding steroid dienone is 4. The quantitative estimate of drug-likeness (QED) is 0.174. The zero-order chi connectivity index (χ0) is 33.0. The Labute approximate surface area is 270 Å². The van der Waals surface area contributed by atoms with Gasteiger partial charge in [-0.25, -0.2) is 0 Å². The molecule has 3 heterocycles. The van der Waals surface area contributed by atoms with Gasteiger partial charge < -0.3 is 4.90 Å². The molecule has 6 rings (SSSR count). The largest absolute Gasteiger partial charge is 0.344 e. The number of benzene rings is 3. The second kappa shape index (κ2) is 11.4. The third kappa shape index (κ3) is 5.25. The molecule has 2 aliphatic heterocycles. The van der Waals surface area contributed by atoms with Crippen molar-refractivity contribution < 1.29 is 17.5 Å².